The highest BCUT2D eigenvalue weighted by atomic mass is 16.2. The van der Waals surface area contributed by atoms with Gasteiger partial charge in [0, 0.05) is 24.6 Å². The minimum absolute atomic E-state index is 0.225. The second-order valence-corrected chi connectivity index (χ2v) is 6.63. The van der Waals surface area contributed by atoms with Crippen LogP contribution in [0.3, 0.4) is 0 Å². The Labute approximate surface area is 154 Å². The van der Waals surface area contributed by atoms with Crippen LogP contribution in [0, 0.1) is 13.8 Å². The molecule has 6 nitrogen and oxygen atoms in total. The van der Waals surface area contributed by atoms with Gasteiger partial charge in [-0.1, -0.05) is 6.07 Å². The van der Waals surface area contributed by atoms with Gasteiger partial charge >= 0.3 is 0 Å². The van der Waals surface area contributed by atoms with Crippen molar-refractivity contribution >= 4 is 17.5 Å². The Hall–Kier alpha value is -2.73. The summed E-state index contributed by atoms with van der Waals surface area (Å²) in [6.07, 6.45) is 3.78. The van der Waals surface area contributed by atoms with Crippen molar-refractivity contribution in [3.05, 3.63) is 58.9 Å². The monoisotopic (exact) mass is 354 g/mol. The zero-order chi connectivity index (χ0) is 19.1. The number of hydrogen-bond acceptors (Lipinski definition) is 4. The second-order valence-electron chi connectivity index (χ2n) is 6.63. The fourth-order valence-corrected chi connectivity index (χ4v) is 2.41. The van der Waals surface area contributed by atoms with Crippen molar-refractivity contribution in [3.63, 3.8) is 0 Å². The molecule has 0 saturated carbocycles. The Morgan fingerprint density at radius 1 is 1.00 bits per heavy atom. The topological polar surface area (TPSA) is 74.3 Å². The van der Waals surface area contributed by atoms with Crippen molar-refractivity contribution in [1.82, 2.24) is 15.2 Å². The molecule has 0 aliphatic carbocycles. The first-order valence-corrected chi connectivity index (χ1v) is 8.63. The van der Waals surface area contributed by atoms with E-state index < -0.39 is 0 Å². The zero-order valence-electron chi connectivity index (χ0n) is 15.8. The average molecular weight is 354 g/mol. The Bertz CT molecular complexity index is 787. The molecule has 1 aromatic carbocycles. The molecule has 0 saturated heterocycles. The van der Waals surface area contributed by atoms with Gasteiger partial charge in [-0.2, -0.15) is 0 Å². The largest absolute Gasteiger partial charge is 0.352 e. The van der Waals surface area contributed by atoms with Crippen LogP contribution in [0.2, 0.25) is 0 Å². The molecule has 0 fully saturated rings. The lowest BCUT2D eigenvalue weighted by Gasteiger charge is -2.10. The molecule has 1 aromatic heterocycles. The van der Waals surface area contributed by atoms with Crippen molar-refractivity contribution < 1.29 is 9.59 Å². The number of carbonyl (C=O) groups excluding carboxylic acids is 2. The molecule has 0 bridgehead atoms. The number of nitrogens with zero attached hydrogens (tertiary/aromatic N) is 2. The molecule has 2 N–H and O–H groups in total. The molecule has 0 unspecified atom stereocenters. The highest BCUT2D eigenvalue weighted by molar-refractivity contribution is 6.05. The van der Waals surface area contributed by atoms with Crippen LogP contribution in [0.4, 0.5) is 5.69 Å². The number of anilines is 1. The summed E-state index contributed by atoms with van der Waals surface area (Å²) in [7, 11) is 3.98. The lowest BCUT2D eigenvalue weighted by atomic mass is 10.1. The summed E-state index contributed by atoms with van der Waals surface area (Å²) in [6, 6.07) is 7.29. The maximum atomic E-state index is 12.4. The van der Waals surface area contributed by atoms with Crippen LogP contribution < -0.4 is 10.6 Å². The van der Waals surface area contributed by atoms with Crippen molar-refractivity contribution in [2.75, 3.05) is 32.5 Å². The molecule has 138 valence electrons. The van der Waals surface area contributed by atoms with Gasteiger partial charge in [-0.05, 0) is 70.2 Å². The van der Waals surface area contributed by atoms with E-state index in [0.29, 0.717) is 17.7 Å². The zero-order valence-corrected chi connectivity index (χ0v) is 15.8. The standard InChI is InChI=1S/C20H26N4O2/c1-14-6-7-18(10-15(14)2)23-20(26)17-11-16(12-21-13-17)19(25)22-8-5-9-24(3)4/h6-7,10-13H,5,8-9H2,1-4H3,(H,22,25)(H,23,26). The second kappa shape index (κ2) is 9.10. The molecule has 0 atom stereocenters. The minimum atomic E-state index is -0.289. The molecule has 0 aliphatic rings. The van der Waals surface area contributed by atoms with Gasteiger partial charge in [-0.3, -0.25) is 14.6 Å². The number of rotatable bonds is 7. The fourth-order valence-electron chi connectivity index (χ4n) is 2.41. The lowest BCUT2D eigenvalue weighted by molar-refractivity contribution is 0.0952. The van der Waals surface area contributed by atoms with E-state index in [1.165, 1.54) is 12.4 Å². The van der Waals surface area contributed by atoms with E-state index in [1.807, 2.05) is 46.1 Å². The van der Waals surface area contributed by atoms with Crippen molar-refractivity contribution in [1.29, 1.82) is 0 Å². The van der Waals surface area contributed by atoms with Gasteiger partial charge in [0.1, 0.15) is 0 Å². The van der Waals surface area contributed by atoms with Gasteiger partial charge in [0.15, 0.2) is 0 Å². The number of benzene rings is 1. The molecule has 0 spiro atoms. The number of amides is 2. The van der Waals surface area contributed by atoms with Crippen LogP contribution in [0.5, 0.6) is 0 Å². The molecule has 0 radical (unpaired) electrons. The first kappa shape index (κ1) is 19.6. The third-order valence-corrected chi connectivity index (χ3v) is 4.10. The Balaban J connectivity index is 1.99. The minimum Gasteiger partial charge on any atom is -0.352 e. The number of pyridine rings is 1. The van der Waals surface area contributed by atoms with Crippen LogP contribution in [0.15, 0.2) is 36.7 Å². The molecular formula is C20H26N4O2. The van der Waals surface area contributed by atoms with Gasteiger partial charge in [0.05, 0.1) is 11.1 Å². The highest BCUT2D eigenvalue weighted by Gasteiger charge is 2.12. The predicted octanol–water partition coefficient (Wildman–Crippen LogP) is 2.63. The van der Waals surface area contributed by atoms with E-state index in [4.69, 9.17) is 0 Å². The molecule has 1 heterocycles. The van der Waals surface area contributed by atoms with Crippen molar-refractivity contribution in [2.24, 2.45) is 0 Å². The Kier molecular flexibility index (Phi) is 6.86. The van der Waals surface area contributed by atoms with E-state index in [-0.39, 0.29) is 11.8 Å². The van der Waals surface area contributed by atoms with Crippen LogP contribution in [-0.2, 0) is 0 Å². The average Bonchev–Trinajstić information content (AvgIpc) is 2.61. The van der Waals surface area contributed by atoms with E-state index >= 15 is 0 Å². The maximum absolute atomic E-state index is 12.4. The summed E-state index contributed by atoms with van der Waals surface area (Å²) in [4.78, 5) is 30.7. The summed E-state index contributed by atoms with van der Waals surface area (Å²) < 4.78 is 0. The third kappa shape index (κ3) is 5.67. The summed E-state index contributed by atoms with van der Waals surface area (Å²) >= 11 is 0. The summed E-state index contributed by atoms with van der Waals surface area (Å²) in [5, 5.41) is 5.69. The van der Waals surface area contributed by atoms with Crippen LogP contribution in [0.1, 0.15) is 38.3 Å². The number of nitrogens with one attached hydrogen (secondary N) is 2. The number of hydrogen-bond donors (Lipinski definition) is 2. The van der Waals surface area contributed by atoms with Crippen LogP contribution in [0.25, 0.3) is 0 Å². The van der Waals surface area contributed by atoms with E-state index in [1.54, 1.807) is 6.07 Å². The Morgan fingerprint density at radius 2 is 1.69 bits per heavy atom. The SMILES string of the molecule is Cc1ccc(NC(=O)c2cncc(C(=O)NCCCN(C)C)c2)cc1C. The fraction of sp³-hybridized carbons (Fsp3) is 0.350. The van der Waals surface area contributed by atoms with E-state index in [0.717, 1.165) is 29.8 Å². The van der Waals surface area contributed by atoms with Crippen molar-refractivity contribution in [2.45, 2.75) is 20.3 Å². The molecule has 2 aromatic rings. The predicted molar refractivity (Wildman–Crippen MR) is 104 cm³/mol. The lowest BCUT2D eigenvalue weighted by Crippen LogP contribution is -2.27. The van der Waals surface area contributed by atoms with E-state index in [9.17, 15) is 9.59 Å². The van der Waals surface area contributed by atoms with Crippen LogP contribution in [-0.4, -0.2) is 48.9 Å². The first-order chi connectivity index (χ1) is 12.4. The molecule has 26 heavy (non-hydrogen) atoms. The summed E-state index contributed by atoms with van der Waals surface area (Å²) in [5.41, 5.74) is 3.72. The molecular weight excluding hydrogens is 328 g/mol. The molecule has 2 amide bonds. The third-order valence-electron chi connectivity index (χ3n) is 4.10. The van der Waals surface area contributed by atoms with Gasteiger partial charge in [-0.15, -0.1) is 0 Å². The molecule has 0 aliphatic heterocycles. The first-order valence-electron chi connectivity index (χ1n) is 8.63. The maximum Gasteiger partial charge on any atom is 0.257 e. The number of carbonyl (C=O) groups is 2. The smallest absolute Gasteiger partial charge is 0.257 e. The summed E-state index contributed by atoms with van der Waals surface area (Å²) in [6.45, 7) is 5.49. The molecule has 6 heteroatoms. The van der Waals surface area contributed by atoms with Gasteiger partial charge in [0.2, 0.25) is 0 Å². The molecule has 2 rings (SSSR count). The quantitative estimate of drug-likeness (QED) is 0.750. The van der Waals surface area contributed by atoms with Gasteiger partial charge in [-0.25, -0.2) is 0 Å². The Morgan fingerprint density at radius 3 is 2.35 bits per heavy atom. The van der Waals surface area contributed by atoms with Gasteiger partial charge in [0.25, 0.3) is 11.8 Å². The van der Waals surface area contributed by atoms with Gasteiger partial charge < -0.3 is 15.5 Å². The summed E-state index contributed by atoms with van der Waals surface area (Å²) in [5.74, 6) is -0.514. The van der Waals surface area contributed by atoms with Crippen LogP contribution >= 0.6 is 0 Å². The van der Waals surface area contributed by atoms with Crippen molar-refractivity contribution in [3.8, 4) is 0 Å². The number of aromatic nitrogens is 1. The highest BCUT2D eigenvalue weighted by Crippen LogP contribution is 2.15. The van der Waals surface area contributed by atoms with E-state index in [2.05, 4.69) is 20.5 Å². The normalized spacial score (nSPS) is 10.7. The number of aryl methyl sites for hydroxylation is 2.